The van der Waals surface area contributed by atoms with E-state index in [0.717, 1.165) is 35.7 Å². The Morgan fingerprint density at radius 2 is 0.789 bits per heavy atom. The Bertz CT molecular complexity index is 2580. The highest BCUT2D eigenvalue weighted by atomic mass is 32.2. The second kappa shape index (κ2) is 29.4. The minimum Gasteiger partial charge on any atom is -0.465 e. The molecule has 76 heavy (non-hydrogen) atoms. The summed E-state index contributed by atoms with van der Waals surface area (Å²) in [6.07, 6.45) is 7.25. The summed E-state index contributed by atoms with van der Waals surface area (Å²) < 4.78 is 43.7. The summed E-state index contributed by atoms with van der Waals surface area (Å²) >= 11 is 2.12. The van der Waals surface area contributed by atoms with Gasteiger partial charge in [0.15, 0.2) is 0 Å². The number of carbonyl (C=O) groups is 8. The van der Waals surface area contributed by atoms with Crippen molar-refractivity contribution in [3.8, 4) is 35.1 Å². The lowest BCUT2D eigenvalue weighted by molar-refractivity contribution is -0.145. The maximum atomic E-state index is 13.6. The smallest absolute Gasteiger partial charge is 0.330 e. The van der Waals surface area contributed by atoms with E-state index in [-0.39, 0.29) is 56.3 Å². The van der Waals surface area contributed by atoms with Crippen LogP contribution in [0.25, 0.3) is 0 Å². The van der Waals surface area contributed by atoms with Crippen molar-refractivity contribution in [3.05, 3.63) is 107 Å². The molecule has 2 aliphatic carbocycles. The maximum Gasteiger partial charge on any atom is 0.330 e. The zero-order chi connectivity index (χ0) is 54.4. The molecule has 0 radical (unpaired) electrons. The second-order valence-electron chi connectivity index (χ2n) is 17.8. The first-order valence-electron chi connectivity index (χ1n) is 24.8. The van der Waals surface area contributed by atoms with Crippen molar-refractivity contribution in [1.82, 2.24) is 0 Å². The summed E-state index contributed by atoms with van der Waals surface area (Å²) in [5, 5.41) is 19.3. The molecule has 0 atom stereocenters. The third kappa shape index (κ3) is 17.5. The fourth-order valence-electron chi connectivity index (χ4n) is 8.25. The van der Waals surface area contributed by atoms with E-state index in [1.54, 1.807) is 48.5 Å². The number of fused-ring (bicyclic) bond motifs is 1. The van der Waals surface area contributed by atoms with Crippen molar-refractivity contribution in [2.24, 2.45) is 23.7 Å². The average molecular weight is 1080 g/mol. The summed E-state index contributed by atoms with van der Waals surface area (Å²) in [5.74, 6) is -4.83. The van der Waals surface area contributed by atoms with Crippen molar-refractivity contribution in [2.45, 2.75) is 99.7 Å². The zero-order valence-electron chi connectivity index (χ0n) is 41.6. The number of hydrogen-bond acceptors (Lipinski definition) is 20. The molecule has 0 bridgehead atoms. The largest absolute Gasteiger partial charge is 0.465 e. The Morgan fingerprint density at radius 3 is 1.11 bits per heavy atom. The van der Waals surface area contributed by atoms with Gasteiger partial charge in [0.1, 0.15) is 40.7 Å². The highest BCUT2D eigenvalue weighted by Crippen LogP contribution is 2.59. The lowest BCUT2D eigenvalue weighted by Gasteiger charge is -2.26. The molecule has 0 unspecified atom stereocenters. The molecule has 2 saturated carbocycles. The highest BCUT2D eigenvalue weighted by Gasteiger charge is 2.37. The van der Waals surface area contributed by atoms with Crippen LogP contribution in [-0.4, -0.2) is 74.2 Å². The normalized spacial score (nSPS) is 17.4. The summed E-state index contributed by atoms with van der Waals surface area (Å²) in [6.45, 7) is 7.43. The van der Waals surface area contributed by atoms with Crippen LogP contribution in [0.1, 0.15) is 88.2 Å². The number of carbonyl (C=O) groups excluding carboxylic acids is 8. The highest BCUT2D eigenvalue weighted by molar-refractivity contribution is 8.24. The van der Waals surface area contributed by atoms with Crippen molar-refractivity contribution >= 4 is 71.3 Å². The van der Waals surface area contributed by atoms with Crippen LogP contribution >= 0.6 is 23.5 Å². The van der Waals surface area contributed by atoms with Crippen molar-refractivity contribution in [3.63, 3.8) is 0 Å². The Balaban J connectivity index is 0.937. The van der Waals surface area contributed by atoms with Crippen LogP contribution in [0.3, 0.4) is 0 Å². The molecule has 0 aromatic heterocycles. The van der Waals surface area contributed by atoms with Gasteiger partial charge in [0.2, 0.25) is 0 Å². The van der Waals surface area contributed by atoms with E-state index >= 15 is 0 Å². The average Bonchev–Trinajstić information content (AvgIpc) is 3.89. The molecule has 6 rings (SSSR count). The number of hydrogen-bond donors (Lipinski definition) is 0. The van der Waals surface area contributed by atoms with Crippen molar-refractivity contribution < 1.29 is 76.3 Å². The number of unbranched alkanes of at least 4 members (excludes halogenated alkanes) is 2. The molecule has 2 fully saturated rings. The Morgan fingerprint density at radius 1 is 0.474 bits per heavy atom. The molecule has 3 aromatic rings. The van der Waals surface area contributed by atoms with Gasteiger partial charge in [-0.15, -0.1) is 0 Å². The van der Waals surface area contributed by atoms with Gasteiger partial charge >= 0.3 is 47.8 Å². The summed E-state index contributed by atoms with van der Waals surface area (Å²) in [4.78, 5) is 101. The first-order valence-corrected chi connectivity index (χ1v) is 26.4. The molecular weight excluding hydrogens is 1020 g/mol. The van der Waals surface area contributed by atoms with Gasteiger partial charge in [0, 0.05) is 12.2 Å². The van der Waals surface area contributed by atoms with E-state index in [2.05, 4.69) is 13.2 Å². The Kier molecular flexibility index (Phi) is 22.3. The minimum absolute atomic E-state index is 0.0233. The lowest BCUT2D eigenvalue weighted by atomic mass is 9.82. The number of allylic oxidation sites excluding steroid dienone is 1. The molecule has 3 aliphatic rings. The first kappa shape index (κ1) is 57.6. The molecule has 0 N–H and O–H groups in total. The maximum absolute atomic E-state index is 13.6. The Hall–Kier alpha value is -7.68. The topological polar surface area (TPSA) is 258 Å². The molecule has 1 heterocycles. The Labute approximate surface area is 448 Å². The molecule has 20 heteroatoms. The standard InChI is InChI=1S/C56H56N2O16S2/c1-3-46(59)67-27-5-7-29-69-48(61)31-35-9-21-42(22-10-35)71-52(63)37-13-17-39(18-14-37)54(65)73-44-25-26-45(51-50(44)75-56(76-51)41(33-57)34-58)74-55(66)40-19-15-38(16-20-40)53(64)72-43-23-11-36(12-24-43)32-49(62)70-30-8-6-28-68-47(60)4-2/h3-4,9-12,21-26,37-40H,1-2,5-8,13-20,27-32H2. The quantitative estimate of drug-likeness (QED) is 0.0202. The number of benzene rings is 3. The van der Waals surface area contributed by atoms with Gasteiger partial charge in [0.25, 0.3) is 0 Å². The van der Waals surface area contributed by atoms with E-state index in [0.29, 0.717) is 114 Å². The number of ether oxygens (including phenoxy) is 8. The van der Waals surface area contributed by atoms with Gasteiger partial charge in [-0.3, -0.25) is 28.8 Å². The van der Waals surface area contributed by atoms with Gasteiger partial charge in [-0.25, -0.2) is 9.59 Å². The second-order valence-corrected chi connectivity index (χ2v) is 20.1. The predicted molar refractivity (Wildman–Crippen MR) is 273 cm³/mol. The summed E-state index contributed by atoms with van der Waals surface area (Å²) in [7, 11) is 0. The van der Waals surface area contributed by atoms with Crippen LogP contribution < -0.4 is 18.9 Å². The molecule has 18 nitrogen and oxygen atoms in total. The van der Waals surface area contributed by atoms with Crippen LogP contribution in [0.2, 0.25) is 0 Å². The molecule has 3 aromatic carbocycles. The molecule has 0 amide bonds. The third-order valence-electron chi connectivity index (χ3n) is 12.5. The van der Waals surface area contributed by atoms with Gasteiger partial charge in [-0.1, -0.05) is 60.9 Å². The number of nitriles is 2. The molecule has 0 spiro atoms. The molecule has 398 valence electrons. The summed E-state index contributed by atoms with van der Waals surface area (Å²) in [5.41, 5.74) is 1.17. The lowest BCUT2D eigenvalue weighted by Crippen LogP contribution is -2.30. The van der Waals surface area contributed by atoms with Crippen LogP contribution in [0.4, 0.5) is 0 Å². The van der Waals surface area contributed by atoms with Crippen molar-refractivity contribution in [1.29, 1.82) is 10.5 Å². The van der Waals surface area contributed by atoms with Crippen LogP contribution in [0.15, 0.2) is 106 Å². The van der Waals surface area contributed by atoms with Crippen LogP contribution in [0.5, 0.6) is 23.0 Å². The van der Waals surface area contributed by atoms with Crippen LogP contribution in [0, 0.1) is 46.3 Å². The number of esters is 8. The number of nitrogens with zero attached hydrogens (tertiary/aromatic N) is 2. The fraction of sp³-hybridized carbons (Fsp3) is 0.393. The molecule has 0 saturated heterocycles. The van der Waals surface area contributed by atoms with E-state index in [1.165, 1.54) is 12.1 Å². The first-order chi connectivity index (χ1) is 36.8. The fourth-order valence-corrected chi connectivity index (χ4v) is 10.7. The van der Waals surface area contributed by atoms with E-state index in [1.807, 2.05) is 12.1 Å². The molecule has 1 aliphatic heterocycles. The van der Waals surface area contributed by atoms with E-state index in [9.17, 15) is 48.9 Å². The van der Waals surface area contributed by atoms with Gasteiger partial charge in [-0.2, -0.15) is 10.5 Å². The molecular formula is C56H56N2O16S2. The number of rotatable bonds is 24. The monoisotopic (exact) mass is 1080 g/mol. The van der Waals surface area contributed by atoms with Crippen LogP contribution in [-0.2, 0) is 70.1 Å². The zero-order valence-corrected chi connectivity index (χ0v) is 43.3. The van der Waals surface area contributed by atoms with Gasteiger partial charge < -0.3 is 37.9 Å². The minimum atomic E-state index is -0.531. The van der Waals surface area contributed by atoms with Gasteiger partial charge in [0.05, 0.1) is 77.0 Å². The van der Waals surface area contributed by atoms with E-state index in [4.69, 9.17) is 37.9 Å². The van der Waals surface area contributed by atoms with Crippen molar-refractivity contribution in [2.75, 3.05) is 26.4 Å². The SMILES string of the molecule is C=CC(=O)OCCCCOC(=O)Cc1ccc(OC(=O)C2CCC(C(=O)Oc3ccc(OC(=O)C4CCC(C(=O)Oc5ccc(CC(=O)OCCCCOC(=O)C=C)cc5)CC4)c4c3SC(=C(C#N)C#N)S4)CC2)cc1. The predicted octanol–water partition coefficient (Wildman–Crippen LogP) is 8.97. The van der Waals surface area contributed by atoms with E-state index < -0.39 is 71.4 Å². The number of thioether (sulfide) groups is 2. The third-order valence-corrected chi connectivity index (χ3v) is 15.1. The summed E-state index contributed by atoms with van der Waals surface area (Å²) in [6, 6.07) is 19.8. The van der Waals surface area contributed by atoms with Gasteiger partial charge in [-0.05, 0) is 125 Å².